The largest absolute Gasteiger partial charge is 0.487 e. The lowest BCUT2D eigenvalue weighted by atomic mass is 9.57. The minimum absolute atomic E-state index is 0.0768. The van der Waals surface area contributed by atoms with Crippen LogP contribution in [0.15, 0.2) is 36.4 Å². The minimum atomic E-state index is -3.87. The minimum Gasteiger partial charge on any atom is -0.487 e. The van der Waals surface area contributed by atoms with Crippen molar-refractivity contribution in [2.45, 2.75) is 84.0 Å². The molecule has 4 aliphatic rings. The summed E-state index contributed by atoms with van der Waals surface area (Å²) in [6.45, 7) is 12.9. The molecule has 0 aromatic heterocycles. The summed E-state index contributed by atoms with van der Waals surface area (Å²) < 4.78 is 41.6. The molecule has 1 aliphatic carbocycles. The number of hydrogen-bond acceptors (Lipinski definition) is 7. The predicted molar refractivity (Wildman–Crippen MR) is 188 cm³/mol. The molecule has 0 unspecified atom stereocenters. The molecule has 1 saturated heterocycles. The Balaban J connectivity index is 1.37. The highest BCUT2D eigenvalue weighted by molar-refractivity contribution is 7.90. The van der Waals surface area contributed by atoms with Crippen LogP contribution in [0.4, 0.5) is 5.69 Å². The average Bonchev–Trinajstić information content (AvgIpc) is 3.05. The molecule has 2 bridgehead atoms. The van der Waals surface area contributed by atoms with Gasteiger partial charge >= 0.3 is 0 Å². The van der Waals surface area contributed by atoms with E-state index in [1.807, 2.05) is 37.3 Å². The van der Waals surface area contributed by atoms with Crippen LogP contribution in [0.25, 0.3) is 0 Å². The lowest BCUT2D eigenvalue weighted by Crippen LogP contribution is -2.52. The van der Waals surface area contributed by atoms with Crippen LogP contribution in [0.1, 0.15) is 87.2 Å². The Bertz CT molecular complexity index is 1530. The lowest BCUT2D eigenvalue weighted by Gasteiger charge is -2.52. The summed E-state index contributed by atoms with van der Waals surface area (Å²) in [6, 6.07) is 11.4. The number of carbonyl (C=O) groups excluding carboxylic acids is 1. The van der Waals surface area contributed by atoms with Gasteiger partial charge in [0.25, 0.3) is 5.91 Å². The summed E-state index contributed by atoms with van der Waals surface area (Å²) >= 11 is 6.38. The second-order valence-corrected chi connectivity index (χ2v) is 17.3. The van der Waals surface area contributed by atoms with Crippen molar-refractivity contribution in [3.05, 3.63) is 58.1 Å². The van der Waals surface area contributed by atoms with Crippen molar-refractivity contribution in [2.75, 3.05) is 50.8 Å². The predicted octanol–water partition coefficient (Wildman–Crippen LogP) is 6.69. The van der Waals surface area contributed by atoms with E-state index in [0.717, 1.165) is 101 Å². The third-order valence-corrected chi connectivity index (χ3v) is 13.8. The van der Waals surface area contributed by atoms with Crippen LogP contribution < -0.4 is 14.4 Å². The number of morpholine rings is 1. The van der Waals surface area contributed by atoms with E-state index in [-0.39, 0.29) is 11.3 Å². The number of aryl methyl sites for hydroxylation is 1. The zero-order valence-electron chi connectivity index (χ0n) is 28.3. The second kappa shape index (κ2) is 14.7. The number of benzene rings is 2. The van der Waals surface area contributed by atoms with E-state index in [9.17, 15) is 13.2 Å². The fourth-order valence-corrected chi connectivity index (χ4v) is 9.87. The van der Waals surface area contributed by atoms with Crippen molar-refractivity contribution in [3.8, 4) is 5.75 Å². The van der Waals surface area contributed by atoms with E-state index in [4.69, 9.17) is 21.1 Å². The van der Waals surface area contributed by atoms with E-state index >= 15 is 0 Å². The summed E-state index contributed by atoms with van der Waals surface area (Å²) in [5.74, 6) is 1.13. The first kappa shape index (κ1) is 34.5. The van der Waals surface area contributed by atoms with Gasteiger partial charge in [-0.2, -0.15) is 0 Å². The molecule has 5 atom stereocenters. The van der Waals surface area contributed by atoms with E-state index < -0.39 is 21.2 Å². The smallest absolute Gasteiger partial charge is 0.264 e. The summed E-state index contributed by atoms with van der Waals surface area (Å²) in [5, 5.41) is 0.0464. The van der Waals surface area contributed by atoms with Crippen molar-refractivity contribution < 1.29 is 22.7 Å². The van der Waals surface area contributed by atoms with Gasteiger partial charge in [-0.05, 0) is 116 Å². The number of carbonyl (C=O) groups is 1. The molecule has 0 spiro atoms. The van der Waals surface area contributed by atoms with Crippen molar-refractivity contribution in [2.24, 2.45) is 23.2 Å². The Kier molecular flexibility index (Phi) is 10.8. The highest BCUT2D eigenvalue weighted by atomic mass is 35.5. The molecule has 3 aliphatic heterocycles. The molecule has 2 aromatic carbocycles. The van der Waals surface area contributed by atoms with Crippen molar-refractivity contribution in [3.63, 3.8) is 0 Å². The Hall–Kier alpha value is -2.33. The van der Waals surface area contributed by atoms with E-state index in [1.165, 1.54) is 18.4 Å². The van der Waals surface area contributed by atoms with Gasteiger partial charge in [-0.25, -0.2) is 13.1 Å². The van der Waals surface area contributed by atoms with Gasteiger partial charge in [0.2, 0.25) is 10.0 Å². The fourth-order valence-electron chi connectivity index (χ4n) is 8.37. The monoisotopic (exact) mass is 685 g/mol. The maximum absolute atomic E-state index is 13.5. The van der Waals surface area contributed by atoms with Crippen LogP contribution in [-0.4, -0.2) is 70.4 Å². The van der Waals surface area contributed by atoms with Crippen molar-refractivity contribution in [1.82, 2.24) is 9.62 Å². The number of nitrogens with one attached hydrogen (secondary N) is 1. The molecule has 3 heterocycles. The standard InChI is InChI=1S/C37H52ClN3O5S/c1-26-7-6-15-37(3,25-40-17-19-45-20-18-40)33-13-10-30(33)23-41-16-5-4-8-28-21-32(38)12-9-31(28)24-46-35-14-11-29(22-34(35)41)36(42)39-47(43,44)27(26)2/h9,11-12,14,21-22,26-27,30,33H,4-8,10,13,15-20,23-25H2,1-3H3,(H,39,42)/t26-,27+,30-,33+,37-/m0/s1. The molecule has 8 nitrogen and oxygen atoms in total. The molecule has 258 valence electrons. The third kappa shape index (κ3) is 7.95. The highest BCUT2D eigenvalue weighted by Gasteiger charge is 2.46. The topological polar surface area (TPSA) is 88.2 Å². The quantitative estimate of drug-likeness (QED) is 0.377. The third-order valence-electron chi connectivity index (χ3n) is 11.6. The van der Waals surface area contributed by atoms with Gasteiger partial charge in [-0.3, -0.25) is 9.69 Å². The van der Waals surface area contributed by atoms with Gasteiger partial charge in [0.05, 0.1) is 24.2 Å². The number of ether oxygens (including phenoxy) is 2. The first-order valence-electron chi connectivity index (χ1n) is 17.7. The first-order valence-corrected chi connectivity index (χ1v) is 19.6. The van der Waals surface area contributed by atoms with Crippen LogP contribution in [0.5, 0.6) is 5.75 Å². The highest BCUT2D eigenvalue weighted by Crippen LogP contribution is 2.51. The van der Waals surface area contributed by atoms with Crippen LogP contribution >= 0.6 is 11.6 Å². The van der Waals surface area contributed by atoms with Crippen LogP contribution in [-0.2, 0) is 27.8 Å². The maximum atomic E-state index is 13.5. The van der Waals surface area contributed by atoms with Crippen molar-refractivity contribution >= 4 is 33.2 Å². The zero-order valence-corrected chi connectivity index (χ0v) is 29.9. The van der Waals surface area contributed by atoms with E-state index in [1.54, 1.807) is 13.0 Å². The number of anilines is 1. The summed E-state index contributed by atoms with van der Waals surface area (Å²) in [5.41, 5.74) is 3.63. The molecule has 47 heavy (non-hydrogen) atoms. The molecule has 6 rings (SSSR count). The van der Waals surface area contributed by atoms with Crippen LogP contribution in [0, 0.1) is 23.2 Å². The van der Waals surface area contributed by atoms with Gasteiger partial charge in [0.1, 0.15) is 12.4 Å². The zero-order chi connectivity index (χ0) is 33.2. The number of nitrogens with zero attached hydrogens (tertiary/aromatic N) is 2. The molecular weight excluding hydrogens is 634 g/mol. The molecule has 10 heteroatoms. The van der Waals surface area contributed by atoms with Crippen LogP contribution in [0.2, 0.25) is 5.02 Å². The number of hydrogen-bond donors (Lipinski definition) is 1. The van der Waals surface area contributed by atoms with Crippen molar-refractivity contribution in [1.29, 1.82) is 0 Å². The normalized spacial score (nSPS) is 30.8. The van der Waals surface area contributed by atoms with Gasteiger partial charge in [0, 0.05) is 43.3 Å². The van der Waals surface area contributed by atoms with Crippen LogP contribution in [0.3, 0.4) is 0 Å². The molecule has 1 N–H and O–H groups in total. The molecule has 2 aromatic rings. The SMILES string of the molecule is C[C@@H]1[C@@H](C)CCC[C@@](C)(CN2CCOCC2)[C@@H]2CC[C@H]2CN2CCCCc3cc(Cl)ccc3COc3ccc(cc32)C(=O)NS1(=O)=O. The number of amides is 1. The summed E-state index contributed by atoms with van der Waals surface area (Å²) in [7, 11) is -3.87. The Morgan fingerprint density at radius 2 is 1.79 bits per heavy atom. The van der Waals surface area contributed by atoms with Gasteiger partial charge in [-0.1, -0.05) is 37.9 Å². The van der Waals surface area contributed by atoms with Gasteiger partial charge < -0.3 is 14.4 Å². The van der Waals surface area contributed by atoms with Gasteiger partial charge in [0.15, 0.2) is 0 Å². The number of rotatable bonds is 2. The summed E-state index contributed by atoms with van der Waals surface area (Å²) in [4.78, 5) is 18.5. The van der Waals surface area contributed by atoms with E-state index in [0.29, 0.717) is 29.8 Å². The Morgan fingerprint density at radius 1 is 0.979 bits per heavy atom. The maximum Gasteiger partial charge on any atom is 0.264 e. The fraction of sp³-hybridized carbons (Fsp3) is 0.649. The Labute approximate surface area is 286 Å². The average molecular weight is 686 g/mol. The number of sulfonamides is 1. The summed E-state index contributed by atoms with van der Waals surface area (Å²) in [6.07, 6.45) is 8.14. The Morgan fingerprint density at radius 3 is 2.55 bits per heavy atom. The molecule has 1 saturated carbocycles. The second-order valence-electron chi connectivity index (χ2n) is 14.8. The molecule has 1 amide bonds. The number of halogens is 1. The van der Waals surface area contributed by atoms with Gasteiger partial charge in [-0.15, -0.1) is 0 Å². The number of fused-ring (bicyclic) bond motifs is 3. The van der Waals surface area contributed by atoms with E-state index in [2.05, 4.69) is 21.4 Å². The molecular formula is C37H52ClN3O5S. The lowest BCUT2D eigenvalue weighted by molar-refractivity contribution is -0.0334. The molecule has 0 radical (unpaired) electrons. The first-order chi connectivity index (χ1) is 22.5. The molecule has 2 fully saturated rings.